The fourth-order valence-electron chi connectivity index (χ4n) is 2.45. The molecule has 1 fully saturated rings. The van der Waals surface area contributed by atoms with Crippen LogP contribution in [0.2, 0.25) is 0 Å². The van der Waals surface area contributed by atoms with E-state index in [1.54, 1.807) is 6.07 Å². The molecule has 4 atom stereocenters. The van der Waals surface area contributed by atoms with Crippen LogP contribution in [0.15, 0.2) is 24.5 Å². The Labute approximate surface area is 154 Å². The molecular formula is C16H19NO8S. The molecule has 0 unspecified atom stereocenters. The molecule has 0 spiro atoms. The van der Waals surface area contributed by atoms with E-state index in [0.29, 0.717) is 4.73 Å². The molecule has 0 aromatic carbocycles. The van der Waals surface area contributed by atoms with Gasteiger partial charge in [-0.3, -0.25) is 14.4 Å². The van der Waals surface area contributed by atoms with Crippen LogP contribution in [0, 0.1) is 5.21 Å². The minimum Gasteiger partial charge on any atom is -0.619 e. The van der Waals surface area contributed by atoms with Gasteiger partial charge in [-0.15, -0.1) is 11.8 Å². The zero-order chi connectivity index (χ0) is 19.3. The second-order valence-electron chi connectivity index (χ2n) is 5.52. The van der Waals surface area contributed by atoms with Gasteiger partial charge in [-0.2, -0.15) is 4.73 Å². The number of aromatic nitrogens is 1. The van der Waals surface area contributed by atoms with Crippen molar-refractivity contribution in [3.8, 4) is 5.75 Å². The molecule has 26 heavy (non-hydrogen) atoms. The van der Waals surface area contributed by atoms with Gasteiger partial charge in [0.1, 0.15) is 0 Å². The topological polar surface area (TPSA) is 115 Å². The predicted octanol–water partition coefficient (Wildman–Crippen LogP) is 0.567. The molecule has 10 heteroatoms. The molecule has 0 bridgehead atoms. The Kier molecular flexibility index (Phi) is 6.67. The summed E-state index contributed by atoms with van der Waals surface area (Å²) in [6.45, 7) is 3.64. The van der Waals surface area contributed by atoms with E-state index in [0.717, 1.165) is 0 Å². The molecule has 1 aliphatic rings. The van der Waals surface area contributed by atoms with E-state index in [4.69, 9.17) is 18.9 Å². The second-order valence-corrected chi connectivity index (χ2v) is 6.65. The van der Waals surface area contributed by atoms with Gasteiger partial charge in [0.25, 0.3) is 0 Å². The molecule has 2 heterocycles. The number of hydrogen-bond donors (Lipinski definition) is 0. The molecule has 1 aromatic heterocycles. The first-order valence-electron chi connectivity index (χ1n) is 7.75. The normalized spacial score (nSPS) is 25.0. The van der Waals surface area contributed by atoms with Crippen molar-refractivity contribution in [2.45, 2.75) is 44.5 Å². The molecule has 2 rings (SSSR count). The molecule has 0 radical (unpaired) electrons. The second kappa shape index (κ2) is 8.75. The van der Waals surface area contributed by atoms with Crippen molar-refractivity contribution >= 4 is 29.7 Å². The Hall–Kier alpha value is -2.49. The third-order valence-corrected chi connectivity index (χ3v) is 4.52. The summed E-state index contributed by atoms with van der Waals surface area (Å²) in [5.74, 6) is -1.28. The fourth-order valence-corrected chi connectivity index (χ4v) is 3.66. The first kappa shape index (κ1) is 19.8. The van der Waals surface area contributed by atoms with Gasteiger partial charge in [-0.05, 0) is 6.07 Å². The summed E-state index contributed by atoms with van der Waals surface area (Å²) >= 11 is 1.22. The number of carbonyl (C=O) groups is 3. The average molecular weight is 385 g/mol. The van der Waals surface area contributed by atoms with Gasteiger partial charge >= 0.3 is 17.9 Å². The third kappa shape index (κ3) is 5.51. The van der Waals surface area contributed by atoms with E-state index in [1.807, 2.05) is 0 Å². The zero-order valence-corrected chi connectivity index (χ0v) is 15.3. The van der Waals surface area contributed by atoms with E-state index in [-0.39, 0.29) is 11.5 Å². The van der Waals surface area contributed by atoms with Crippen LogP contribution in [0.5, 0.6) is 5.75 Å². The number of nitrogens with zero attached hydrogens (tertiary/aromatic N) is 1. The van der Waals surface area contributed by atoms with E-state index in [2.05, 4.69) is 0 Å². The molecule has 1 aliphatic heterocycles. The van der Waals surface area contributed by atoms with Crippen LogP contribution in [0.3, 0.4) is 0 Å². The molecular weight excluding hydrogens is 366 g/mol. The monoisotopic (exact) mass is 385 g/mol. The maximum absolute atomic E-state index is 11.5. The maximum Gasteiger partial charge on any atom is 0.303 e. The van der Waals surface area contributed by atoms with Crippen molar-refractivity contribution in [3.63, 3.8) is 0 Å². The maximum atomic E-state index is 11.5. The Bertz CT molecular complexity index is 682. The summed E-state index contributed by atoms with van der Waals surface area (Å²) in [6, 6.07) is 3.07. The van der Waals surface area contributed by atoms with Gasteiger partial charge in [0.2, 0.25) is 6.20 Å². The first-order valence-corrected chi connectivity index (χ1v) is 8.80. The van der Waals surface area contributed by atoms with Gasteiger partial charge in [-0.25, -0.2) is 0 Å². The van der Waals surface area contributed by atoms with Crippen molar-refractivity contribution in [1.29, 1.82) is 0 Å². The smallest absolute Gasteiger partial charge is 0.303 e. The Morgan fingerprint density at radius 3 is 2.27 bits per heavy atom. The first-order chi connectivity index (χ1) is 12.3. The molecule has 0 amide bonds. The SMILES string of the molecule is CC(=O)O[C@@H]1[C@@H](OC(C)=O)[C@H](OC(C)=O)CS[C@H]1Oc1ccc[n+]([O-])c1. The van der Waals surface area contributed by atoms with Crippen LogP contribution >= 0.6 is 11.8 Å². The average Bonchev–Trinajstić information content (AvgIpc) is 2.51. The lowest BCUT2D eigenvalue weighted by atomic mass is 10.1. The minimum atomic E-state index is -1.03. The van der Waals surface area contributed by atoms with Gasteiger partial charge in [0, 0.05) is 32.6 Å². The fraction of sp³-hybridized carbons (Fsp3) is 0.500. The predicted molar refractivity (Wildman–Crippen MR) is 88.9 cm³/mol. The number of thioether (sulfide) groups is 1. The van der Waals surface area contributed by atoms with Crippen molar-refractivity contribution in [2.75, 3.05) is 5.75 Å². The van der Waals surface area contributed by atoms with Crippen LogP contribution in [0.4, 0.5) is 0 Å². The van der Waals surface area contributed by atoms with Crippen molar-refractivity contribution < 1.29 is 38.1 Å². The van der Waals surface area contributed by atoms with Crippen LogP contribution < -0.4 is 9.47 Å². The van der Waals surface area contributed by atoms with Crippen molar-refractivity contribution in [1.82, 2.24) is 0 Å². The summed E-state index contributed by atoms with van der Waals surface area (Å²) in [6.07, 6.45) is -0.354. The third-order valence-electron chi connectivity index (χ3n) is 3.30. The molecule has 1 saturated heterocycles. The van der Waals surface area contributed by atoms with Gasteiger partial charge < -0.3 is 24.2 Å². The standard InChI is InChI=1S/C16H19NO8S/c1-9(18)22-13-8-26-16(25-12-5-4-6-17(21)7-12)15(24-11(3)20)14(13)23-10(2)19/h4-7,13-16H,8H2,1-3H3/t13-,14+,15-,16-/m1/s1. The lowest BCUT2D eigenvalue weighted by molar-refractivity contribution is -0.605. The number of ether oxygens (including phenoxy) is 4. The summed E-state index contributed by atoms with van der Waals surface area (Å²) in [5.41, 5.74) is -0.766. The lowest BCUT2D eigenvalue weighted by Gasteiger charge is -2.39. The summed E-state index contributed by atoms with van der Waals surface area (Å²) in [4.78, 5) is 34.4. The van der Waals surface area contributed by atoms with E-state index in [1.165, 1.54) is 51.0 Å². The largest absolute Gasteiger partial charge is 0.619 e. The highest BCUT2D eigenvalue weighted by atomic mass is 32.2. The quantitative estimate of drug-likeness (QED) is 0.310. The highest BCUT2D eigenvalue weighted by Gasteiger charge is 2.47. The number of pyridine rings is 1. The minimum absolute atomic E-state index is 0.254. The molecule has 0 N–H and O–H groups in total. The van der Waals surface area contributed by atoms with Gasteiger partial charge in [0.15, 0.2) is 35.7 Å². The molecule has 9 nitrogen and oxygen atoms in total. The van der Waals surface area contributed by atoms with Crippen LogP contribution in [0.1, 0.15) is 20.8 Å². The van der Waals surface area contributed by atoms with Crippen molar-refractivity contribution in [2.24, 2.45) is 0 Å². The number of rotatable bonds is 5. The van der Waals surface area contributed by atoms with E-state index >= 15 is 0 Å². The van der Waals surface area contributed by atoms with Crippen LogP contribution in [0.25, 0.3) is 0 Å². The number of hydrogen-bond acceptors (Lipinski definition) is 9. The summed E-state index contributed by atoms with van der Waals surface area (Å²) in [7, 11) is 0. The summed E-state index contributed by atoms with van der Waals surface area (Å²) in [5, 5.41) is 11.4. The highest BCUT2D eigenvalue weighted by molar-refractivity contribution is 7.99. The lowest BCUT2D eigenvalue weighted by Crippen LogP contribution is -2.55. The number of carbonyl (C=O) groups excluding carboxylic acids is 3. The highest BCUT2D eigenvalue weighted by Crippen LogP contribution is 2.33. The van der Waals surface area contributed by atoms with Gasteiger partial charge in [0.05, 0.1) is 0 Å². The van der Waals surface area contributed by atoms with Crippen LogP contribution in [-0.4, -0.2) is 47.4 Å². The van der Waals surface area contributed by atoms with E-state index < -0.39 is 41.7 Å². The number of esters is 3. The molecule has 142 valence electrons. The summed E-state index contributed by atoms with van der Waals surface area (Å²) < 4.78 is 22.1. The molecule has 0 aliphatic carbocycles. The van der Waals surface area contributed by atoms with Crippen molar-refractivity contribution in [3.05, 3.63) is 29.7 Å². The van der Waals surface area contributed by atoms with E-state index in [9.17, 15) is 19.6 Å². The molecule has 0 saturated carbocycles. The Balaban J connectivity index is 2.27. The zero-order valence-electron chi connectivity index (χ0n) is 14.4. The van der Waals surface area contributed by atoms with Crippen LogP contribution in [-0.2, 0) is 28.6 Å². The van der Waals surface area contributed by atoms with Gasteiger partial charge in [-0.1, -0.05) is 0 Å². The Morgan fingerprint density at radius 2 is 1.69 bits per heavy atom. The molecule has 1 aromatic rings. The Morgan fingerprint density at radius 1 is 1.08 bits per heavy atom.